The molecule has 4 N–H and O–H groups in total. The van der Waals surface area contributed by atoms with Crippen molar-refractivity contribution in [2.45, 2.75) is 65.7 Å². The molecule has 3 saturated heterocycles. The van der Waals surface area contributed by atoms with Gasteiger partial charge < -0.3 is 44.7 Å². The molecule has 3 aliphatic heterocycles. The number of carbonyl (C=O) groups is 1. The predicted octanol–water partition coefficient (Wildman–Crippen LogP) is 13.9. The Morgan fingerprint density at radius 2 is 0.858 bits per heavy atom. The first-order valence-corrected chi connectivity index (χ1v) is 39.8. The Morgan fingerprint density at radius 1 is 0.500 bits per heavy atom. The van der Waals surface area contributed by atoms with E-state index in [2.05, 4.69) is 101 Å². The zero-order valence-corrected chi connectivity index (χ0v) is 69.6. The predicted molar refractivity (Wildman–Crippen MR) is 442 cm³/mol. The van der Waals surface area contributed by atoms with Gasteiger partial charge in [-0.2, -0.15) is 25.3 Å². The third kappa shape index (κ3) is 30.8. The van der Waals surface area contributed by atoms with Crippen molar-refractivity contribution >= 4 is 69.1 Å². The van der Waals surface area contributed by atoms with Gasteiger partial charge in [0, 0.05) is 117 Å². The quantitative estimate of drug-likeness (QED) is 0.00990. The van der Waals surface area contributed by atoms with Gasteiger partial charge in [0.25, 0.3) is 16.7 Å². The summed E-state index contributed by atoms with van der Waals surface area (Å²) >= 11 is 24.7. The standard InChI is InChI=1S/C25H23F3N6O2.C20H12ClF3N4O2.C18H13F3N4O2.C6H15N.C5H12N2.C4H8O.C2H2Cl2O.CH2Cl2/c1-32-7-9-33(10-8-32)15-22-29-25(31-36-22)17-4-2-3-16(11-17)14-34-23(35)6-5-21(30-34)18-12-19(26)24(28)20(27)13-18;21-9-17-25-20(27-30-17)12-3-1-2-11(6-12)10-28-18(29)5-4-16(26-28)13-7-14(22)19(24)15(23)8-13;19-13-7-12(8-14(20)17(13)21)15-4-5-16(26)25(23-15)9-10-2-1-3-11(6-10)18(22)24-27;1-4-7(5-2)6-3;1-7-4-2-6-3-5-7;1-2-4-5-3-1;3-1-2(4)5;2-1-3/h2-6,11-13H,7-10,14-15H2,1H3;1-8H,9-10H2;1-8,27H,9H2,(H2,22,24);4-6H2,1-3H3;6H,2-5H2,1H3;1-4H2;1H2;1H2. The number of nitrogens with one attached hydrogen (secondary N) is 1. The Bertz CT molecular complexity index is 5240. The first-order chi connectivity index (χ1) is 57.6. The van der Waals surface area contributed by atoms with Crippen LogP contribution in [0.3, 0.4) is 0 Å². The van der Waals surface area contributed by atoms with E-state index in [0.29, 0.717) is 51.9 Å². The Balaban J connectivity index is 0.000000215. The molecule has 0 bridgehead atoms. The summed E-state index contributed by atoms with van der Waals surface area (Å²) in [6.45, 7) is 21.5. The maximum absolute atomic E-state index is 13.7. The Hall–Kier alpha value is -10.2. The number of amidine groups is 1. The summed E-state index contributed by atoms with van der Waals surface area (Å²) in [5, 5.41) is 35.0. The van der Waals surface area contributed by atoms with Gasteiger partial charge in [0.1, 0.15) is 5.88 Å². The number of alkyl halides is 4. The summed E-state index contributed by atoms with van der Waals surface area (Å²) in [4.78, 5) is 64.1. The fourth-order valence-electron chi connectivity index (χ4n) is 11.3. The lowest BCUT2D eigenvalue weighted by atomic mass is 10.1. The van der Waals surface area contributed by atoms with Crippen molar-refractivity contribution in [1.82, 2.24) is 74.5 Å². The summed E-state index contributed by atoms with van der Waals surface area (Å²) in [7, 11) is 4.25. The molecule has 0 amide bonds. The minimum atomic E-state index is -1.58. The molecule has 0 aliphatic carbocycles. The number of halogens is 14. The van der Waals surface area contributed by atoms with Crippen LogP contribution in [0.1, 0.15) is 67.6 Å². The lowest BCUT2D eigenvalue weighted by Gasteiger charge is -2.31. The van der Waals surface area contributed by atoms with E-state index in [1.165, 1.54) is 86.6 Å². The smallest absolute Gasteiger partial charge is 0.267 e. The van der Waals surface area contributed by atoms with Gasteiger partial charge in [-0.3, -0.25) is 24.1 Å². The zero-order chi connectivity index (χ0) is 87.4. The number of piperazine rings is 2. The lowest BCUT2D eigenvalue weighted by molar-refractivity contribution is -0.109. The highest BCUT2D eigenvalue weighted by Crippen LogP contribution is 2.27. The van der Waals surface area contributed by atoms with Gasteiger partial charge in [0.05, 0.1) is 54.5 Å². The number of aromatic nitrogens is 10. The van der Waals surface area contributed by atoms with E-state index in [-0.39, 0.29) is 82.2 Å². The molecule has 3 fully saturated rings. The molecule has 39 heteroatoms. The van der Waals surface area contributed by atoms with E-state index in [1.807, 2.05) is 18.2 Å². The maximum atomic E-state index is 13.7. The monoisotopic (exact) mass is 1770 g/mol. The molecule has 8 heterocycles. The van der Waals surface area contributed by atoms with Crippen LogP contribution >= 0.6 is 58.0 Å². The van der Waals surface area contributed by atoms with Crippen molar-refractivity contribution in [2.75, 3.05) is 111 Å². The van der Waals surface area contributed by atoms with Crippen LogP contribution in [0, 0.1) is 52.4 Å². The number of hydrogen-bond acceptors (Lipinski definition) is 21. The van der Waals surface area contributed by atoms with Gasteiger partial charge in [0.15, 0.2) is 58.2 Å². The molecular weight excluding hydrogens is 1690 g/mol. The summed E-state index contributed by atoms with van der Waals surface area (Å²) in [6, 6.07) is 33.4. The molecular formula is C81H87Cl5F9N17O8. The van der Waals surface area contributed by atoms with E-state index in [1.54, 1.807) is 54.6 Å². The van der Waals surface area contributed by atoms with E-state index < -0.39 is 74.3 Å². The summed E-state index contributed by atoms with van der Waals surface area (Å²) in [5.74, 6) is -11.2. The molecule has 0 saturated carbocycles. The van der Waals surface area contributed by atoms with E-state index >= 15 is 0 Å². The highest BCUT2D eigenvalue weighted by atomic mass is 35.5. The molecule has 3 aliphatic rings. The molecule has 11 aromatic rings. The SMILES string of the molecule is C1CCOC1.CCN(CC)CC.CN1CCN(Cc2nc(-c3cccc(Cn4nc(-c5cc(F)c(F)c(F)c5)ccc4=O)c3)no2)CC1.CN1CCNCC1.ClCCl.N/C(=N\O)c1cccc(Cn2nc(-c3cc(F)c(F)c(F)c3)ccc2=O)c1.O=C(Cl)CCl.O=c1ccc(-c2cc(F)c(F)c(F)c2)nn1Cc1cccc(-c2noc(CCl)n2)c1. The molecule has 25 nitrogen and oxygen atoms in total. The molecule has 6 aromatic carbocycles. The Labute approximate surface area is 709 Å². The molecule has 0 radical (unpaired) electrons. The average Bonchev–Trinajstić information content (AvgIpc) is 0.828. The van der Waals surface area contributed by atoms with Gasteiger partial charge >= 0.3 is 0 Å². The number of rotatable bonds is 19. The van der Waals surface area contributed by atoms with E-state index in [4.69, 9.17) is 82.7 Å². The third-order valence-electron chi connectivity index (χ3n) is 17.8. The summed E-state index contributed by atoms with van der Waals surface area (Å²) in [5.41, 5.74) is 8.52. The van der Waals surface area contributed by atoms with Crippen molar-refractivity contribution < 1.29 is 63.3 Å². The van der Waals surface area contributed by atoms with Crippen LogP contribution < -0.4 is 27.7 Å². The Kier molecular flexibility index (Phi) is 40.5. The minimum Gasteiger partial charge on any atom is -0.409 e. The van der Waals surface area contributed by atoms with Crippen molar-refractivity contribution in [3.63, 3.8) is 0 Å². The largest absolute Gasteiger partial charge is 0.409 e. The molecule has 0 unspecified atom stereocenters. The average molecular weight is 1770 g/mol. The summed E-state index contributed by atoms with van der Waals surface area (Å²) < 4.78 is 140. The number of oxime groups is 1. The maximum Gasteiger partial charge on any atom is 0.267 e. The second kappa shape index (κ2) is 50.1. The molecule has 0 spiro atoms. The van der Waals surface area contributed by atoms with E-state index in [0.717, 1.165) is 104 Å². The van der Waals surface area contributed by atoms with Crippen molar-refractivity contribution in [2.24, 2.45) is 10.9 Å². The third-order valence-corrected chi connectivity index (χ3v) is 18.5. The van der Waals surface area contributed by atoms with Crippen LogP contribution in [0.2, 0.25) is 0 Å². The van der Waals surface area contributed by atoms with Crippen LogP contribution in [0.4, 0.5) is 39.5 Å². The van der Waals surface area contributed by atoms with Crippen LogP contribution in [0.25, 0.3) is 56.5 Å². The van der Waals surface area contributed by atoms with Crippen molar-refractivity contribution in [3.05, 3.63) is 263 Å². The van der Waals surface area contributed by atoms with Gasteiger partial charge in [-0.05, 0) is 148 Å². The first kappa shape index (κ1) is 96.9. The fraction of sp³-hybridized carbons (Fsp3) is 0.333. The number of nitrogens with zero attached hydrogens (tertiary/aromatic N) is 15. The van der Waals surface area contributed by atoms with Crippen molar-refractivity contribution in [3.8, 4) is 56.5 Å². The van der Waals surface area contributed by atoms with Gasteiger partial charge in [-0.15, -0.1) is 46.4 Å². The molecule has 14 rings (SSSR count). The van der Waals surface area contributed by atoms with Crippen LogP contribution in [-0.2, 0) is 41.6 Å². The normalized spacial score (nSPS) is 13.4. The molecule has 642 valence electrons. The topological polar surface area (TPSA) is 292 Å². The number of ether oxygens (including phenoxy) is 1. The van der Waals surface area contributed by atoms with E-state index in [9.17, 15) is 58.7 Å². The van der Waals surface area contributed by atoms with Crippen molar-refractivity contribution in [1.29, 1.82) is 0 Å². The lowest BCUT2D eigenvalue weighted by Crippen LogP contribution is -2.43. The van der Waals surface area contributed by atoms with Gasteiger partial charge in [-0.25, -0.2) is 53.6 Å². The van der Waals surface area contributed by atoms with Crippen LogP contribution in [0.5, 0.6) is 0 Å². The van der Waals surface area contributed by atoms with Gasteiger partial charge in [0.2, 0.25) is 28.7 Å². The minimum absolute atomic E-state index is 0.00861. The fourth-order valence-corrected chi connectivity index (χ4v) is 11.4. The number of nitrogens with two attached hydrogens (primary N) is 1. The first-order valence-electron chi connectivity index (χ1n) is 37.2. The molecule has 0 atom stereocenters. The second-order valence-corrected chi connectivity index (χ2v) is 28.1. The van der Waals surface area contributed by atoms with Crippen LogP contribution in [0.15, 0.2) is 174 Å². The Morgan fingerprint density at radius 3 is 1.18 bits per heavy atom. The number of hydrogen-bond donors (Lipinski definition) is 3. The second-order valence-electron chi connectivity index (χ2n) is 26.3. The van der Waals surface area contributed by atoms with Gasteiger partial charge in [-0.1, -0.05) is 90.8 Å². The molecule has 120 heavy (non-hydrogen) atoms. The van der Waals surface area contributed by atoms with Crippen LogP contribution in [-0.4, -0.2) is 196 Å². The number of benzene rings is 6. The highest BCUT2D eigenvalue weighted by Gasteiger charge is 2.21. The highest BCUT2D eigenvalue weighted by molar-refractivity contribution is 6.67. The molecule has 5 aromatic heterocycles. The summed E-state index contributed by atoms with van der Waals surface area (Å²) in [6.07, 6.45) is 2.56. The zero-order valence-electron chi connectivity index (χ0n) is 65.8. The number of likely N-dealkylation sites (N-methyl/N-ethyl adjacent to an activating group) is 2. The number of carbonyl (C=O) groups excluding carboxylic acids is 1.